The average molecular weight is 437 g/mol. The molecule has 0 aromatic heterocycles. The molecule has 12 heteroatoms. The summed E-state index contributed by atoms with van der Waals surface area (Å²) in [6, 6.07) is -1.90. The van der Waals surface area contributed by atoms with Gasteiger partial charge in [0.05, 0.1) is 13.2 Å². The first-order chi connectivity index (χ1) is 13.2. The van der Waals surface area contributed by atoms with Gasteiger partial charge in [-0.3, -0.25) is 9.59 Å². The van der Waals surface area contributed by atoms with Crippen LogP contribution in [0.15, 0.2) is 0 Å². The Balaban J connectivity index is 1.73. The summed E-state index contributed by atoms with van der Waals surface area (Å²) in [4.78, 5) is 49.5. The highest BCUT2D eigenvalue weighted by molar-refractivity contribution is 8.76. The Morgan fingerprint density at radius 2 is 1.21 bits per heavy atom. The molecule has 0 aromatic rings. The molecule has 2 fully saturated rings. The molecule has 2 aliphatic rings. The van der Waals surface area contributed by atoms with E-state index in [-0.39, 0.29) is 38.5 Å². The second-order valence-corrected chi connectivity index (χ2v) is 9.25. The lowest BCUT2D eigenvalue weighted by molar-refractivity contribution is -0.149. The van der Waals surface area contributed by atoms with Crippen molar-refractivity contribution >= 4 is 45.3 Å². The minimum Gasteiger partial charge on any atom is -0.480 e. The first-order valence-corrected chi connectivity index (χ1v) is 11.2. The summed E-state index contributed by atoms with van der Waals surface area (Å²) in [5.41, 5.74) is 0. The molecule has 0 radical (unpaired) electrons. The maximum atomic E-state index is 12.4. The van der Waals surface area contributed by atoms with Gasteiger partial charge >= 0.3 is 11.9 Å². The van der Waals surface area contributed by atoms with E-state index in [2.05, 4.69) is 0 Å². The Kier molecular flexibility index (Phi) is 8.40. The molecule has 158 valence electrons. The molecule has 2 heterocycles. The highest BCUT2D eigenvalue weighted by Crippen LogP contribution is 2.28. The first-order valence-electron chi connectivity index (χ1n) is 8.70. The third-order valence-electron chi connectivity index (χ3n) is 4.46. The van der Waals surface area contributed by atoms with Crippen LogP contribution >= 0.6 is 21.6 Å². The lowest BCUT2D eigenvalue weighted by Gasteiger charge is -2.23. The van der Waals surface area contributed by atoms with Gasteiger partial charge < -0.3 is 29.5 Å². The zero-order valence-electron chi connectivity index (χ0n) is 15.6. The number of rotatable bonds is 9. The van der Waals surface area contributed by atoms with Gasteiger partial charge in [-0.2, -0.15) is 0 Å². The van der Waals surface area contributed by atoms with Crippen molar-refractivity contribution in [3.8, 4) is 0 Å². The van der Waals surface area contributed by atoms with Gasteiger partial charge in [0.1, 0.15) is 13.5 Å². The van der Waals surface area contributed by atoms with Crippen LogP contribution in [0, 0.1) is 11.8 Å². The Morgan fingerprint density at radius 3 is 1.54 bits per heavy atom. The summed E-state index contributed by atoms with van der Waals surface area (Å²) in [7, 11) is 2.83. The molecule has 0 bridgehead atoms. The van der Waals surface area contributed by atoms with Crippen LogP contribution in [0.3, 0.4) is 0 Å². The topological polar surface area (TPSA) is 134 Å². The first kappa shape index (κ1) is 22.8. The van der Waals surface area contributed by atoms with E-state index in [0.717, 1.165) is 0 Å². The van der Waals surface area contributed by atoms with Gasteiger partial charge in [0.25, 0.3) is 0 Å². The van der Waals surface area contributed by atoms with Crippen LogP contribution < -0.4 is 0 Å². The van der Waals surface area contributed by atoms with Crippen molar-refractivity contribution in [2.24, 2.45) is 11.8 Å². The Labute approximate surface area is 170 Å². The van der Waals surface area contributed by atoms with E-state index >= 15 is 0 Å². The molecule has 4 atom stereocenters. The summed E-state index contributed by atoms with van der Waals surface area (Å²) in [6.45, 7) is 3.39. The molecular weight excluding hydrogens is 412 g/mol. The Morgan fingerprint density at radius 1 is 0.857 bits per heavy atom. The Hall–Kier alpha value is -1.50. The minimum atomic E-state index is -1.09. The van der Waals surface area contributed by atoms with Crippen LogP contribution in [0.1, 0.15) is 13.8 Å². The summed E-state index contributed by atoms with van der Waals surface area (Å²) in [5, 5.41) is 18.2. The van der Waals surface area contributed by atoms with Crippen LogP contribution in [0.5, 0.6) is 0 Å². The molecule has 0 spiro atoms. The van der Waals surface area contributed by atoms with Crippen molar-refractivity contribution < 1.29 is 38.9 Å². The van der Waals surface area contributed by atoms with Gasteiger partial charge in [-0.15, -0.1) is 0 Å². The summed E-state index contributed by atoms with van der Waals surface area (Å²) < 4.78 is 10.2. The molecular formula is C16H24N2O8S2. The highest BCUT2D eigenvalue weighted by Gasteiger charge is 2.38. The molecule has 2 unspecified atom stereocenters. The average Bonchev–Trinajstić information content (AvgIpc) is 3.32. The highest BCUT2D eigenvalue weighted by atomic mass is 33.1. The Bertz CT molecular complexity index is 567. The maximum absolute atomic E-state index is 12.4. The van der Waals surface area contributed by atoms with E-state index in [9.17, 15) is 19.2 Å². The van der Waals surface area contributed by atoms with Crippen molar-refractivity contribution in [2.75, 3.05) is 38.2 Å². The SMILES string of the molecule is CC(CSSCC(C)C(=O)N1COC[C@H]1C(=O)O)C(=O)N1COC[C@H]1C(=O)O. The van der Waals surface area contributed by atoms with E-state index in [0.29, 0.717) is 11.5 Å². The number of carbonyl (C=O) groups excluding carboxylic acids is 2. The van der Waals surface area contributed by atoms with Gasteiger partial charge in [0.2, 0.25) is 11.8 Å². The van der Waals surface area contributed by atoms with Gasteiger partial charge in [-0.25, -0.2) is 9.59 Å². The van der Waals surface area contributed by atoms with Gasteiger partial charge in [-0.1, -0.05) is 35.4 Å². The molecule has 2 aliphatic heterocycles. The fourth-order valence-corrected chi connectivity index (χ4v) is 5.43. The summed E-state index contributed by atoms with van der Waals surface area (Å²) in [6.07, 6.45) is 0. The van der Waals surface area contributed by atoms with Crippen LogP contribution in [0.4, 0.5) is 0 Å². The normalized spacial score (nSPS) is 24.2. The largest absolute Gasteiger partial charge is 0.480 e. The molecule has 10 nitrogen and oxygen atoms in total. The van der Waals surface area contributed by atoms with E-state index < -0.39 is 35.9 Å². The summed E-state index contributed by atoms with van der Waals surface area (Å²) in [5.74, 6) is -2.60. The minimum absolute atomic E-state index is 0.00708. The lowest BCUT2D eigenvalue weighted by Crippen LogP contribution is -2.44. The molecule has 0 aromatic carbocycles. The zero-order chi connectivity index (χ0) is 20.8. The van der Waals surface area contributed by atoms with E-state index in [1.807, 2.05) is 0 Å². The van der Waals surface area contributed by atoms with Gasteiger partial charge in [0.15, 0.2) is 12.1 Å². The fourth-order valence-electron chi connectivity index (χ4n) is 2.74. The predicted molar refractivity (Wildman–Crippen MR) is 101 cm³/mol. The second kappa shape index (κ2) is 10.3. The van der Waals surface area contributed by atoms with E-state index in [1.165, 1.54) is 31.4 Å². The predicted octanol–water partition coefficient (Wildman–Crippen LogP) is 0.179. The fraction of sp³-hybridized carbons (Fsp3) is 0.750. The zero-order valence-corrected chi connectivity index (χ0v) is 17.2. The van der Waals surface area contributed by atoms with Crippen LogP contribution in [0.25, 0.3) is 0 Å². The molecule has 2 amide bonds. The third kappa shape index (κ3) is 5.52. The van der Waals surface area contributed by atoms with Crippen molar-refractivity contribution in [1.29, 1.82) is 0 Å². The third-order valence-corrected chi connectivity index (χ3v) is 7.22. The number of amides is 2. The smallest absolute Gasteiger partial charge is 0.328 e. The van der Waals surface area contributed by atoms with Gasteiger partial charge in [-0.05, 0) is 0 Å². The molecule has 2 N–H and O–H groups in total. The van der Waals surface area contributed by atoms with Crippen LogP contribution in [-0.2, 0) is 28.7 Å². The quantitative estimate of drug-likeness (QED) is 0.381. The van der Waals surface area contributed by atoms with Crippen LogP contribution in [-0.4, -0.2) is 94.0 Å². The molecule has 0 aliphatic carbocycles. The number of nitrogens with zero attached hydrogens (tertiary/aromatic N) is 2. The number of hydrogen-bond acceptors (Lipinski definition) is 8. The number of aliphatic carboxylic acids is 2. The molecule has 2 saturated heterocycles. The van der Waals surface area contributed by atoms with E-state index in [4.69, 9.17) is 19.7 Å². The molecule has 0 saturated carbocycles. The molecule has 2 rings (SSSR count). The van der Waals surface area contributed by atoms with E-state index in [1.54, 1.807) is 13.8 Å². The lowest BCUT2D eigenvalue weighted by atomic mass is 10.1. The van der Waals surface area contributed by atoms with Crippen LogP contribution in [0.2, 0.25) is 0 Å². The monoisotopic (exact) mass is 436 g/mol. The van der Waals surface area contributed by atoms with Crippen molar-refractivity contribution in [3.05, 3.63) is 0 Å². The number of carboxylic acids is 2. The number of carboxylic acid groups (broad SMARTS) is 2. The number of carbonyl (C=O) groups is 4. The molecule has 28 heavy (non-hydrogen) atoms. The summed E-state index contributed by atoms with van der Waals surface area (Å²) >= 11 is 0. The van der Waals surface area contributed by atoms with Crippen molar-refractivity contribution in [2.45, 2.75) is 25.9 Å². The van der Waals surface area contributed by atoms with Gasteiger partial charge in [0, 0.05) is 23.3 Å². The standard InChI is InChI=1S/C16H24N2O8S2/c1-9(13(19)17-7-25-3-11(17)15(21)22)5-27-28-6-10(2)14(20)18-8-26-4-12(18)16(23)24/h9-12H,3-8H2,1-2H3,(H,21,22)(H,23,24)/t9?,10?,11-,12-/m0/s1. The maximum Gasteiger partial charge on any atom is 0.328 e. The number of hydrogen-bond donors (Lipinski definition) is 2. The number of ether oxygens (including phenoxy) is 2. The van der Waals surface area contributed by atoms with Crippen molar-refractivity contribution in [3.63, 3.8) is 0 Å². The van der Waals surface area contributed by atoms with Crippen molar-refractivity contribution in [1.82, 2.24) is 9.80 Å². The second-order valence-electron chi connectivity index (χ2n) is 6.70.